The van der Waals surface area contributed by atoms with Gasteiger partial charge in [0, 0.05) is 11.3 Å². The summed E-state index contributed by atoms with van der Waals surface area (Å²) in [5, 5.41) is 1.63. The predicted octanol–water partition coefficient (Wildman–Crippen LogP) is 3.96. The van der Waals surface area contributed by atoms with E-state index in [9.17, 15) is 0 Å². The van der Waals surface area contributed by atoms with E-state index in [-0.39, 0.29) is 0 Å². The summed E-state index contributed by atoms with van der Waals surface area (Å²) in [4.78, 5) is 8.29. The highest BCUT2D eigenvalue weighted by atomic mass is 35.5. The second kappa shape index (κ2) is 5.37. The summed E-state index contributed by atoms with van der Waals surface area (Å²) < 4.78 is 0. The van der Waals surface area contributed by atoms with Crippen molar-refractivity contribution in [2.75, 3.05) is 0 Å². The maximum absolute atomic E-state index is 5.80. The zero-order valence-electron chi connectivity index (χ0n) is 8.25. The molecule has 1 aromatic heterocycles. The molecule has 1 fully saturated rings. The highest BCUT2D eigenvalue weighted by Crippen LogP contribution is 2.31. The third kappa shape index (κ3) is 3.51. The first-order valence-electron chi connectivity index (χ1n) is 5.04. The van der Waals surface area contributed by atoms with Gasteiger partial charge in [-0.15, -0.1) is 0 Å². The summed E-state index contributed by atoms with van der Waals surface area (Å²) in [5.74, 6) is 1.55. The zero-order valence-corrected chi connectivity index (χ0v) is 10.6. The minimum atomic E-state index is 0.428. The van der Waals surface area contributed by atoms with Gasteiger partial charge < -0.3 is 0 Å². The average Bonchev–Trinajstić information content (AvgIpc) is 2.65. The monoisotopic (exact) mass is 262 g/mol. The lowest BCUT2D eigenvalue weighted by Gasteiger charge is -2.07. The summed E-state index contributed by atoms with van der Waals surface area (Å²) in [6, 6.07) is 1.56. The van der Waals surface area contributed by atoms with Crippen LogP contribution in [0, 0.1) is 0 Å². The Morgan fingerprint density at radius 3 is 2.40 bits per heavy atom. The van der Waals surface area contributed by atoms with Gasteiger partial charge >= 0.3 is 0 Å². The summed E-state index contributed by atoms with van der Waals surface area (Å²) in [7, 11) is 0. The lowest BCUT2D eigenvalue weighted by Crippen LogP contribution is -1.98. The van der Waals surface area contributed by atoms with Gasteiger partial charge in [0.25, 0.3) is 0 Å². The van der Waals surface area contributed by atoms with E-state index in [0.717, 1.165) is 16.8 Å². The Balaban J connectivity index is 1.92. The first-order valence-corrected chi connectivity index (χ1v) is 6.85. The number of hydrogen-bond acceptors (Lipinski definition) is 3. The van der Waals surface area contributed by atoms with Gasteiger partial charge in [0.1, 0.15) is 16.1 Å². The minimum Gasteiger partial charge on any atom is -0.220 e. The van der Waals surface area contributed by atoms with Crippen LogP contribution in [0.5, 0.6) is 0 Å². The van der Waals surface area contributed by atoms with Gasteiger partial charge in [-0.25, -0.2) is 9.97 Å². The Morgan fingerprint density at radius 1 is 1.20 bits per heavy atom. The third-order valence-electron chi connectivity index (χ3n) is 2.46. The van der Waals surface area contributed by atoms with E-state index in [4.69, 9.17) is 23.2 Å². The number of nitrogens with zero attached hydrogens (tertiary/aromatic N) is 2. The molecule has 1 heterocycles. The van der Waals surface area contributed by atoms with E-state index in [2.05, 4.69) is 9.97 Å². The van der Waals surface area contributed by atoms with Crippen LogP contribution in [0.15, 0.2) is 6.07 Å². The number of aromatic nitrogens is 2. The topological polar surface area (TPSA) is 25.8 Å². The fourth-order valence-corrected chi connectivity index (χ4v) is 3.38. The summed E-state index contributed by atoms with van der Waals surface area (Å²) in [6.45, 7) is 0. The fourth-order valence-electron chi connectivity index (χ4n) is 1.75. The van der Waals surface area contributed by atoms with Crippen LogP contribution in [0.25, 0.3) is 0 Å². The normalized spacial score (nSPS) is 17.2. The van der Waals surface area contributed by atoms with Gasteiger partial charge in [0.15, 0.2) is 0 Å². The number of rotatable bonds is 3. The Bertz CT molecular complexity index is 320. The molecule has 0 saturated heterocycles. The van der Waals surface area contributed by atoms with Crippen molar-refractivity contribution >= 4 is 35.0 Å². The first-order chi connectivity index (χ1) is 7.24. The van der Waals surface area contributed by atoms with Crippen LogP contribution < -0.4 is 0 Å². The molecule has 1 aliphatic carbocycles. The largest absolute Gasteiger partial charge is 0.220 e. The van der Waals surface area contributed by atoms with Crippen molar-refractivity contribution in [2.45, 2.75) is 36.7 Å². The van der Waals surface area contributed by atoms with Crippen molar-refractivity contribution in [1.82, 2.24) is 9.97 Å². The predicted molar refractivity (Wildman–Crippen MR) is 65.6 cm³/mol. The lowest BCUT2D eigenvalue weighted by molar-refractivity contribution is 0.886. The Morgan fingerprint density at radius 2 is 1.80 bits per heavy atom. The fraction of sp³-hybridized carbons (Fsp3) is 0.600. The minimum absolute atomic E-state index is 0.428. The molecule has 0 radical (unpaired) electrons. The van der Waals surface area contributed by atoms with E-state index in [1.807, 2.05) is 11.8 Å². The van der Waals surface area contributed by atoms with E-state index in [1.165, 1.54) is 25.7 Å². The maximum atomic E-state index is 5.80. The summed E-state index contributed by atoms with van der Waals surface area (Å²) >= 11 is 13.5. The second-order valence-corrected chi connectivity index (χ2v) is 5.71. The third-order valence-corrected chi connectivity index (χ3v) is 4.22. The molecule has 15 heavy (non-hydrogen) atoms. The van der Waals surface area contributed by atoms with Crippen LogP contribution in [0.1, 0.15) is 31.5 Å². The van der Waals surface area contributed by atoms with E-state index in [0.29, 0.717) is 10.3 Å². The SMILES string of the molecule is Clc1cc(Cl)nc(CSC2CCCC2)n1. The molecule has 2 nitrogen and oxygen atoms in total. The molecule has 0 unspecified atom stereocenters. The van der Waals surface area contributed by atoms with Crippen LogP contribution in [-0.4, -0.2) is 15.2 Å². The molecule has 0 spiro atoms. The van der Waals surface area contributed by atoms with Crippen molar-refractivity contribution in [2.24, 2.45) is 0 Å². The molecule has 82 valence electrons. The zero-order chi connectivity index (χ0) is 10.7. The van der Waals surface area contributed by atoms with Crippen molar-refractivity contribution in [3.8, 4) is 0 Å². The van der Waals surface area contributed by atoms with Crippen LogP contribution in [-0.2, 0) is 5.75 Å². The molecule has 0 atom stereocenters. The van der Waals surface area contributed by atoms with Crippen molar-refractivity contribution in [1.29, 1.82) is 0 Å². The average molecular weight is 263 g/mol. The van der Waals surface area contributed by atoms with Crippen molar-refractivity contribution in [3.63, 3.8) is 0 Å². The van der Waals surface area contributed by atoms with Crippen LogP contribution in [0.2, 0.25) is 10.3 Å². The van der Waals surface area contributed by atoms with Gasteiger partial charge in [0.2, 0.25) is 0 Å². The van der Waals surface area contributed by atoms with Crippen LogP contribution in [0.3, 0.4) is 0 Å². The molecular formula is C10H12Cl2N2S. The second-order valence-electron chi connectivity index (χ2n) is 3.65. The summed E-state index contributed by atoms with van der Waals surface area (Å²) in [6.07, 6.45) is 5.35. The molecule has 1 saturated carbocycles. The highest BCUT2D eigenvalue weighted by molar-refractivity contribution is 7.99. The van der Waals surface area contributed by atoms with Gasteiger partial charge in [0.05, 0.1) is 5.75 Å². The van der Waals surface area contributed by atoms with E-state index >= 15 is 0 Å². The van der Waals surface area contributed by atoms with Crippen molar-refractivity contribution in [3.05, 3.63) is 22.2 Å². The maximum Gasteiger partial charge on any atom is 0.141 e. The molecule has 0 amide bonds. The van der Waals surface area contributed by atoms with Gasteiger partial charge in [-0.3, -0.25) is 0 Å². The quantitative estimate of drug-likeness (QED) is 0.772. The lowest BCUT2D eigenvalue weighted by atomic mass is 10.4. The number of thioether (sulfide) groups is 1. The number of hydrogen-bond donors (Lipinski definition) is 0. The Kier molecular flexibility index (Phi) is 4.12. The molecular weight excluding hydrogens is 251 g/mol. The van der Waals surface area contributed by atoms with E-state index in [1.54, 1.807) is 6.07 Å². The first kappa shape index (κ1) is 11.5. The van der Waals surface area contributed by atoms with Gasteiger partial charge in [-0.05, 0) is 12.8 Å². The molecule has 1 aliphatic rings. The molecule has 0 aliphatic heterocycles. The van der Waals surface area contributed by atoms with E-state index < -0.39 is 0 Å². The molecule has 0 bridgehead atoms. The molecule has 0 N–H and O–H groups in total. The van der Waals surface area contributed by atoms with Gasteiger partial charge in [-0.1, -0.05) is 36.0 Å². The smallest absolute Gasteiger partial charge is 0.141 e. The van der Waals surface area contributed by atoms with Gasteiger partial charge in [-0.2, -0.15) is 11.8 Å². The summed E-state index contributed by atoms with van der Waals surface area (Å²) in [5.41, 5.74) is 0. The molecule has 5 heteroatoms. The number of halogens is 2. The Labute approximate surface area is 104 Å². The molecule has 2 rings (SSSR count). The standard InChI is InChI=1S/C10H12Cl2N2S/c11-8-5-9(12)14-10(13-8)6-15-7-3-1-2-4-7/h5,7H,1-4,6H2. The van der Waals surface area contributed by atoms with Crippen molar-refractivity contribution < 1.29 is 0 Å². The highest BCUT2D eigenvalue weighted by Gasteiger charge is 2.15. The molecule has 1 aromatic rings. The van der Waals surface area contributed by atoms with Crippen LogP contribution >= 0.6 is 35.0 Å². The van der Waals surface area contributed by atoms with Crippen LogP contribution in [0.4, 0.5) is 0 Å². The Hall–Kier alpha value is 0.01000. The molecule has 0 aromatic carbocycles.